The van der Waals surface area contributed by atoms with E-state index < -0.39 is 6.10 Å². The van der Waals surface area contributed by atoms with Crippen molar-refractivity contribution in [1.29, 1.82) is 5.26 Å². The quantitative estimate of drug-likeness (QED) is 0.850. The minimum Gasteiger partial charge on any atom is -0.481 e. The Kier molecular flexibility index (Phi) is 5.00. The maximum absolute atomic E-state index is 12.3. The number of rotatable bonds is 3. The molecule has 1 aliphatic rings. The van der Waals surface area contributed by atoms with E-state index in [0.717, 1.165) is 25.9 Å². The highest BCUT2D eigenvalue weighted by atomic mass is 16.5. The van der Waals surface area contributed by atoms with Crippen LogP contribution in [0.4, 0.5) is 0 Å². The van der Waals surface area contributed by atoms with Gasteiger partial charge in [0.25, 0.3) is 5.91 Å². The number of amides is 1. The zero-order chi connectivity index (χ0) is 14.4. The summed E-state index contributed by atoms with van der Waals surface area (Å²) < 4.78 is 5.67. The molecule has 0 saturated carbocycles. The number of carbonyl (C=O) groups excluding carboxylic acids is 1. The zero-order valence-electron chi connectivity index (χ0n) is 11.8. The molecular formula is C16H20N2O2. The first kappa shape index (κ1) is 14.4. The first-order valence-electron chi connectivity index (χ1n) is 7.16. The van der Waals surface area contributed by atoms with E-state index in [0.29, 0.717) is 11.3 Å². The van der Waals surface area contributed by atoms with Crippen LogP contribution < -0.4 is 4.74 Å². The predicted octanol–water partition coefficient (Wildman–Crippen LogP) is 2.73. The normalized spacial score (nSPS) is 16.9. The highest BCUT2D eigenvalue weighted by Gasteiger charge is 2.22. The number of benzene rings is 1. The molecule has 1 atom stereocenters. The van der Waals surface area contributed by atoms with Crippen molar-refractivity contribution in [3.63, 3.8) is 0 Å². The van der Waals surface area contributed by atoms with Gasteiger partial charge in [-0.2, -0.15) is 5.26 Å². The molecule has 106 valence electrons. The van der Waals surface area contributed by atoms with E-state index in [4.69, 9.17) is 10.00 Å². The van der Waals surface area contributed by atoms with E-state index in [9.17, 15) is 4.79 Å². The van der Waals surface area contributed by atoms with Gasteiger partial charge in [0, 0.05) is 13.1 Å². The molecule has 1 heterocycles. The van der Waals surface area contributed by atoms with Crippen LogP contribution >= 0.6 is 0 Å². The summed E-state index contributed by atoms with van der Waals surface area (Å²) in [5, 5.41) is 8.74. The molecule has 0 spiro atoms. The maximum atomic E-state index is 12.3. The number of ether oxygens (including phenoxy) is 1. The molecule has 1 aromatic carbocycles. The SMILES string of the molecule is C[C@H](Oc1ccc(C#N)cc1)C(=O)N1CCCCCC1. The molecule has 1 aliphatic heterocycles. The van der Waals surface area contributed by atoms with Gasteiger partial charge < -0.3 is 9.64 Å². The van der Waals surface area contributed by atoms with Crippen molar-refractivity contribution in [1.82, 2.24) is 4.90 Å². The molecule has 0 bridgehead atoms. The van der Waals surface area contributed by atoms with E-state index in [1.54, 1.807) is 31.2 Å². The van der Waals surface area contributed by atoms with Crippen LogP contribution in [0.2, 0.25) is 0 Å². The van der Waals surface area contributed by atoms with Gasteiger partial charge >= 0.3 is 0 Å². The molecule has 0 aromatic heterocycles. The molecule has 20 heavy (non-hydrogen) atoms. The van der Waals surface area contributed by atoms with Crippen molar-refractivity contribution < 1.29 is 9.53 Å². The lowest BCUT2D eigenvalue weighted by Crippen LogP contribution is -2.40. The lowest BCUT2D eigenvalue weighted by molar-refractivity contribution is -0.137. The first-order valence-corrected chi connectivity index (χ1v) is 7.16. The summed E-state index contributed by atoms with van der Waals surface area (Å²) in [6, 6.07) is 8.90. The minimum atomic E-state index is -0.485. The van der Waals surface area contributed by atoms with Gasteiger partial charge in [0.15, 0.2) is 6.10 Å². The first-order chi connectivity index (χ1) is 9.70. The molecular weight excluding hydrogens is 252 g/mol. The number of hydrogen-bond acceptors (Lipinski definition) is 3. The molecule has 1 saturated heterocycles. The number of carbonyl (C=O) groups is 1. The molecule has 1 amide bonds. The standard InChI is InChI=1S/C16H20N2O2/c1-13(16(19)18-10-4-2-3-5-11-18)20-15-8-6-14(12-17)7-9-15/h6-9,13H,2-5,10-11H2,1H3/t13-/m0/s1. The molecule has 2 rings (SSSR count). The van der Waals surface area contributed by atoms with Gasteiger partial charge in [-0.25, -0.2) is 0 Å². The van der Waals surface area contributed by atoms with Gasteiger partial charge in [-0.15, -0.1) is 0 Å². The highest BCUT2D eigenvalue weighted by Crippen LogP contribution is 2.16. The summed E-state index contributed by atoms with van der Waals surface area (Å²) in [5.41, 5.74) is 0.587. The summed E-state index contributed by atoms with van der Waals surface area (Å²) in [4.78, 5) is 14.2. The summed E-state index contributed by atoms with van der Waals surface area (Å²) in [7, 11) is 0. The Morgan fingerprint density at radius 3 is 2.35 bits per heavy atom. The third-order valence-electron chi connectivity index (χ3n) is 3.56. The largest absolute Gasteiger partial charge is 0.481 e. The maximum Gasteiger partial charge on any atom is 0.263 e. The van der Waals surface area contributed by atoms with E-state index in [1.807, 2.05) is 4.90 Å². The van der Waals surface area contributed by atoms with Crippen LogP contribution in [-0.2, 0) is 4.79 Å². The Balaban J connectivity index is 1.94. The molecule has 0 N–H and O–H groups in total. The van der Waals surface area contributed by atoms with Crippen LogP contribution in [0.1, 0.15) is 38.2 Å². The Hall–Kier alpha value is -2.02. The fourth-order valence-electron chi connectivity index (χ4n) is 2.41. The zero-order valence-corrected chi connectivity index (χ0v) is 11.8. The third-order valence-corrected chi connectivity index (χ3v) is 3.56. The second kappa shape index (κ2) is 6.95. The molecule has 4 nitrogen and oxygen atoms in total. The summed E-state index contributed by atoms with van der Waals surface area (Å²) in [6.45, 7) is 3.45. The van der Waals surface area contributed by atoms with Crippen LogP contribution in [-0.4, -0.2) is 30.0 Å². The highest BCUT2D eigenvalue weighted by molar-refractivity contribution is 5.80. The van der Waals surface area contributed by atoms with Gasteiger partial charge in [-0.3, -0.25) is 4.79 Å². The Bertz CT molecular complexity index is 482. The number of nitrogens with zero attached hydrogens (tertiary/aromatic N) is 2. The molecule has 0 unspecified atom stereocenters. The van der Waals surface area contributed by atoms with Gasteiger partial charge in [0.05, 0.1) is 11.6 Å². The topological polar surface area (TPSA) is 53.3 Å². The van der Waals surface area contributed by atoms with Gasteiger partial charge in [0.2, 0.25) is 0 Å². The number of hydrogen-bond donors (Lipinski definition) is 0. The molecule has 4 heteroatoms. The number of likely N-dealkylation sites (tertiary alicyclic amines) is 1. The Morgan fingerprint density at radius 2 is 1.80 bits per heavy atom. The van der Waals surface area contributed by atoms with E-state index in [1.165, 1.54) is 12.8 Å². The van der Waals surface area contributed by atoms with Crippen molar-refractivity contribution in [2.45, 2.75) is 38.7 Å². The van der Waals surface area contributed by atoms with Crippen molar-refractivity contribution in [3.05, 3.63) is 29.8 Å². The fourth-order valence-corrected chi connectivity index (χ4v) is 2.41. The van der Waals surface area contributed by atoms with Crippen LogP contribution in [0.5, 0.6) is 5.75 Å². The lowest BCUT2D eigenvalue weighted by Gasteiger charge is -2.24. The third kappa shape index (κ3) is 3.74. The van der Waals surface area contributed by atoms with Crippen LogP contribution in [0.25, 0.3) is 0 Å². The smallest absolute Gasteiger partial charge is 0.263 e. The van der Waals surface area contributed by atoms with Crippen molar-refractivity contribution in [2.24, 2.45) is 0 Å². The fraction of sp³-hybridized carbons (Fsp3) is 0.500. The van der Waals surface area contributed by atoms with Crippen LogP contribution in [0, 0.1) is 11.3 Å². The van der Waals surface area contributed by atoms with Crippen molar-refractivity contribution in [3.8, 4) is 11.8 Å². The second-order valence-electron chi connectivity index (χ2n) is 5.14. The van der Waals surface area contributed by atoms with Crippen LogP contribution in [0.15, 0.2) is 24.3 Å². The average molecular weight is 272 g/mol. The second-order valence-corrected chi connectivity index (χ2v) is 5.14. The molecule has 1 aromatic rings. The molecule has 1 fully saturated rings. The van der Waals surface area contributed by atoms with E-state index >= 15 is 0 Å². The van der Waals surface area contributed by atoms with Gasteiger partial charge in [-0.1, -0.05) is 12.8 Å². The molecule has 0 aliphatic carbocycles. The van der Waals surface area contributed by atoms with E-state index in [2.05, 4.69) is 6.07 Å². The van der Waals surface area contributed by atoms with Crippen molar-refractivity contribution >= 4 is 5.91 Å². The van der Waals surface area contributed by atoms with Gasteiger partial charge in [-0.05, 0) is 44.0 Å². The lowest BCUT2D eigenvalue weighted by atomic mass is 10.2. The van der Waals surface area contributed by atoms with Gasteiger partial charge in [0.1, 0.15) is 5.75 Å². The summed E-state index contributed by atoms with van der Waals surface area (Å²) in [5.74, 6) is 0.677. The Morgan fingerprint density at radius 1 is 1.20 bits per heavy atom. The minimum absolute atomic E-state index is 0.0521. The summed E-state index contributed by atoms with van der Waals surface area (Å²) in [6.07, 6.45) is 4.08. The number of nitriles is 1. The Labute approximate surface area is 120 Å². The van der Waals surface area contributed by atoms with E-state index in [-0.39, 0.29) is 5.91 Å². The molecule has 0 radical (unpaired) electrons. The predicted molar refractivity (Wildman–Crippen MR) is 76.3 cm³/mol. The monoisotopic (exact) mass is 272 g/mol. The summed E-state index contributed by atoms with van der Waals surface area (Å²) >= 11 is 0. The van der Waals surface area contributed by atoms with Crippen molar-refractivity contribution in [2.75, 3.05) is 13.1 Å². The average Bonchev–Trinajstić information content (AvgIpc) is 2.76. The van der Waals surface area contributed by atoms with Crippen LogP contribution in [0.3, 0.4) is 0 Å².